The van der Waals surface area contributed by atoms with Crippen LogP contribution in [-0.2, 0) is 13.0 Å². The SMILES string of the molecule is CC(C)CCn1cc(CCCCN)c2ccccc21. The normalized spacial score (nSPS) is 11.6. The Hall–Kier alpha value is -1.28. The fourth-order valence-corrected chi connectivity index (χ4v) is 2.56. The first-order chi connectivity index (χ1) is 9.22. The molecule has 0 aliphatic rings. The molecule has 0 unspecified atom stereocenters. The maximum Gasteiger partial charge on any atom is 0.0483 e. The van der Waals surface area contributed by atoms with Crippen LogP contribution in [0.2, 0.25) is 0 Å². The molecule has 0 spiro atoms. The molecular weight excluding hydrogens is 232 g/mol. The highest BCUT2D eigenvalue weighted by Gasteiger charge is 2.08. The van der Waals surface area contributed by atoms with Crippen molar-refractivity contribution in [1.29, 1.82) is 0 Å². The van der Waals surface area contributed by atoms with Gasteiger partial charge < -0.3 is 10.3 Å². The van der Waals surface area contributed by atoms with E-state index in [-0.39, 0.29) is 0 Å². The lowest BCUT2D eigenvalue weighted by Crippen LogP contribution is -2.00. The van der Waals surface area contributed by atoms with Gasteiger partial charge in [0.15, 0.2) is 0 Å². The van der Waals surface area contributed by atoms with E-state index < -0.39 is 0 Å². The second-order valence-corrected chi connectivity index (χ2v) is 5.79. The van der Waals surface area contributed by atoms with Crippen LogP contribution in [0.25, 0.3) is 10.9 Å². The summed E-state index contributed by atoms with van der Waals surface area (Å²) in [5.74, 6) is 0.752. The van der Waals surface area contributed by atoms with Crippen LogP contribution in [0, 0.1) is 5.92 Å². The van der Waals surface area contributed by atoms with Crippen molar-refractivity contribution in [2.75, 3.05) is 6.54 Å². The molecule has 19 heavy (non-hydrogen) atoms. The van der Waals surface area contributed by atoms with Crippen LogP contribution in [0.5, 0.6) is 0 Å². The number of nitrogens with zero attached hydrogens (tertiary/aromatic N) is 1. The van der Waals surface area contributed by atoms with Gasteiger partial charge in [-0.25, -0.2) is 0 Å². The number of para-hydroxylation sites is 1. The Morgan fingerprint density at radius 1 is 1.16 bits per heavy atom. The molecule has 104 valence electrons. The molecule has 2 nitrogen and oxygen atoms in total. The monoisotopic (exact) mass is 258 g/mol. The van der Waals surface area contributed by atoms with E-state index in [9.17, 15) is 0 Å². The molecule has 0 aliphatic heterocycles. The van der Waals surface area contributed by atoms with Crippen molar-refractivity contribution in [2.24, 2.45) is 11.7 Å². The molecule has 0 atom stereocenters. The summed E-state index contributed by atoms with van der Waals surface area (Å²) in [6, 6.07) is 8.76. The fraction of sp³-hybridized carbons (Fsp3) is 0.529. The average molecular weight is 258 g/mol. The quantitative estimate of drug-likeness (QED) is 0.749. The lowest BCUT2D eigenvalue weighted by Gasteiger charge is -2.07. The number of aryl methyl sites for hydroxylation is 2. The van der Waals surface area contributed by atoms with E-state index in [2.05, 4.69) is 48.9 Å². The summed E-state index contributed by atoms with van der Waals surface area (Å²) in [6.45, 7) is 6.49. The van der Waals surface area contributed by atoms with Crippen molar-refractivity contribution in [3.63, 3.8) is 0 Å². The number of benzene rings is 1. The van der Waals surface area contributed by atoms with Crippen molar-refractivity contribution >= 4 is 10.9 Å². The van der Waals surface area contributed by atoms with Crippen molar-refractivity contribution in [3.8, 4) is 0 Å². The van der Waals surface area contributed by atoms with E-state index >= 15 is 0 Å². The first-order valence-electron chi connectivity index (χ1n) is 7.49. The molecule has 2 N–H and O–H groups in total. The van der Waals surface area contributed by atoms with Crippen molar-refractivity contribution in [3.05, 3.63) is 36.0 Å². The molecule has 0 bridgehead atoms. The third-order valence-corrected chi connectivity index (χ3v) is 3.72. The molecule has 1 aromatic carbocycles. The maximum atomic E-state index is 5.59. The predicted molar refractivity (Wildman–Crippen MR) is 83.4 cm³/mol. The second kappa shape index (κ2) is 6.76. The van der Waals surface area contributed by atoms with E-state index in [0.29, 0.717) is 0 Å². The number of rotatable bonds is 7. The lowest BCUT2D eigenvalue weighted by molar-refractivity contribution is 0.524. The molecule has 0 saturated heterocycles. The van der Waals surface area contributed by atoms with Gasteiger partial charge in [0.05, 0.1) is 0 Å². The molecule has 0 radical (unpaired) electrons. The van der Waals surface area contributed by atoms with Crippen LogP contribution in [0.15, 0.2) is 30.5 Å². The van der Waals surface area contributed by atoms with Gasteiger partial charge in [0.2, 0.25) is 0 Å². The zero-order valence-electron chi connectivity index (χ0n) is 12.2. The molecule has 2 heteroatoms. The third-order valence-electron chi connectivity index (χ3n) is 3.72. The molecular formula is C17H26N2. The Morgan fingerprint density at radius 3 is 2.68 bits per heavy atom. The fourth-order valence-electron chi connectivity index (χ4n) is 2.56. The van der Waals surface area contributed by atoms with Gasteiger partial charge in [0.25, 0.3) is 0 Å². The van der Waals surface area contributed by atoms with Crippen molar-refractivity contribution < 1.29 is 0 Å². The van der Waals surface area contributed by atoms with Crippen molar-refractivity contribution in [2.45, 2.75) is 46.1 Å². The summed E-state index contributed by atoms with van der Waals surface area (Å²) in [7, 11) is 0. The summed E-state index contributed by atoms with van der Waals surface area (Å²) >= 11 is 0. The number of fused-ring (bicyclic) bond motifs is 1. The minimum Gasteiger partial charge on any atom is -0.347 e. The topological polar surface area (TPSA) is 30.9 Å². The minimum absolute atomic E-state index is 0.752. The Bertz CT molecular complexity index is 511. The molecule has 2 rings (SSSR count). The number of unbranched alkanes of at least 4 members (excludes halogenated alkanes) is 1. The summed E-state index contributed by atoms with van der Waals surface area (Å²) < 4.78 is 2.42. The average Bonchev–Trinajstić information content (AvgIpc) is 2.76. The Balaban J connectivity index is 2.21. The van der Waals surface area contributed by atoms with Crippen LogP contribution >= 0.6 is 0 Å². The zero-order valence-corrected chi connectivity index (χ0v) is 12.2. The standard InChI is InChI=1S/C17H26N2/c1-14(2)10-12-19-13-15(7-5-6-11-18)16-8-3-4-9-17(16)19/h3-4,8-9,13-14H,5-7,10-12,18H2,1-2H3. The summed E-state index contributed by atoms with van der Waals surface area (Å²) in [5, 5.41) is 1.42. The summed E-state index contributed by atoms with van der Waals surface area (Å²) in [4.78, 5) is 0. The van der Waals surface area contributed by atoms with E-state index in [1.807, 2.05) is 0 Å². The smallest absolute Gasteiger partial charge is 0.0483 e. The summed E-state index contributed by atoms with van der Waals surface area (Å²) in [6.07, 6.45) is 7.04. The highest BCUT2D eigenvalue weighted by atomic mass is 15.0. The number of aromatic nitrogens is 1. The Labute approximate surface area is 116 Å². The predicted octanol–water partition coefficient (Wildman–Crippen LogP) is 3.97. The van der Waals surface area contributed by atoms with Gasteiger partial charge in [-0.1, -0.05) is 32.0 Å². The number of nitrogens with two attached hydrogens (primary N) is 1. The molecule has 0 fully saturated rings. The Morgan fingerprint density at radius 2 is 1.95 bits per heavy atom. The highest BCUT2D eigenvalue weighted by molar-refractivity contribution is 5.83. The maximum absolute atomic E-state index is 5.59. The Kier molecular flexibility index (Phi) is 5.03. The molecule has 0 aliphatic carbocycles. The van der Waals surface area contributed by atoms with E-state index in [0.717, 1.165) is 31.8 Å². The number of hydrogen-bond acceptors (Lipinski definition) is 1. The first-order valence-corrected chi connectivity index (χ1v) is 7.49. The van der Waals surface area contributed by atoms with Gasteiger partial charge in [-0.05, 0) is 49.8 Å². The van der Waals surface area contributed by atoms with Crippen LogP contribution in [-0.4, -0.2) is 11.1 Å². The second-order valence-electron chi connectivity index (χ2n) is 5.79. The van der Waals surface area contributed by atoms with E-state index in [1.165, 1.54) is 29.3 Å². The molecule has 1 heterocycles. The minimum atomic E-state index is 0.752. The molecule has 0 amide bonds. The zero-order chi connectivity index (χ0) is 13.7. The van der Waals surface area contributed by atoms with E-state index in [4.69, 9.17) is 5.73 Å². The van der Waals surface area contributed by atoms with Crippen LogP contribution in [0.1, 0.15) is 38.7 Å². The van der Waals surface area contributed by atoms with Gasteiger partial charge in [-0.2, -0.15) is 0 Å². The molecule has 1 aromatic heterocycles. The summed E-state index contributed by atoms with van der Waals surface area (Å²) in [5.41, 5.74) is 8.45. The molecule has 0 saturated carbocycles. The molecule has 2 aromatic rings. The van der Waals surface area contributed by atoms with Crippen molar-refractivity contribution in [1.82, 2.24) is 4.57 Å². The number of hydrogen-bond donors (Lipinski definition) is 1. The lowest BCUT2D eigenvalue weighted by atomic mass is 10.1. The van der Waals surface area contributed by atoms with E-state index in [1.54, 1.807) is 0 Å². The third kappa shape index (κ3) is 3.60. The van der Waals surface area contributed by atoms with Gasteiger partial charge in [-0.3, -0.25) is 0 Å². The van der Waals surface area contributed by atoms with Gasteiger partial charge >= 0.3 is 0 Å². The van der Waals surface area contributed by atoms with Gasteiger partial charge in [0, 0.05) is 23.6 Å². The largest absolute Gasteiger partial charge is 0.347 e. The van der Waals surface area contributed by atoms with Crippen LogP contribution in [0.4, 0.5) is 0 Å². The first kappa shape index (κ1) is 14.1. The van der Waals surface area contributed by atoms with Gasteiger partial charge in [-0.15, -0.1) is 0 Å². The van der Waals surface area contributed by atoms with Gasteiger partial charge in [0.1, 0.15) is 0 Å². The van der Waals surface area contributed by atoms with Crippen LogP contribution in [0.3, 0.4) is 0 Å². The highest BCUT2D eigenvalue weighted by Crippen LogP contribution is 2.23. The van der Waals surface area contributed by atoms with Crippen LogP contribution < -0.4 is 5.73 Å².